The molecule has 0 fully saturated rings. The van der Waals surface area contributed by atoms with Crippen molar-refractivity contribution >= 4 is 5.91 Å². The Kier molecular flexibility index (Phi) is 6.52. The minimum Gasteiger partial charge on any atom is -0.497 e. The van der Waals surface area contributed by atoms with Crippen molar-refractivity contribution < 1.29 is 9.53 Å². The highest BCUT2D eigenvalue weighted by Gasteiger charge is 2.16. The highest BCUT2D eigenvalue weighted by Crippen LogP contribution is 2.19. The molecule has 0 aromatic heterocycles. The maximum atomic E-state index is 11.9. The van der Waals surface area contributed by atoms with Crippen LogP contribution in [0.4, 0.5) is 0 Å². The average Bonchev–Trinajstić information content (AvgIpc) is 2.44. The van der Waals surface area contributed by atoms with Crippen LogP contribution < -0.4 is 15.4 Å². The van der Waals surface area contributed by atoms with Crippen molar-refractivity contribution in [3.63, 3.8) is 0 Å². The number of carbonyl (C=O) groups is 1. The van der Waals surface area contributed by atoms with Crippen LogP contribution in [0, 0.1) is 5.92 Å². The molecule has 112 valence electrons. The smallest absolute Gasteiger partial charge is 0.236 e. The summed E-state index contributed by atoms with van der Waals surface area (Å²) in [4.78, 5) is 11.9. The van der Waals surface area contributed by atoms with Gasteiger partial charge in [0.05, 0.1) is 13.2 Å². The Labute approximate surface area is 121 Å². The summed E-state index contributed by atoms with van der Waals surface area (Å²) in [7, 11) is 1.65. The van der Waals surface area contributed by atoms with Gasteiger partial charge in [-0.05, 0) is 37.5 Å². The van der Waals surface area contributed by atoms with Crippen molar-refractivity contribution in [2.45, 2.75) is 39.8 Å². The number of rotatable bonds is 7. The second-order valence-electron chi connectivity index (χ2n) is 5.53. The van der Waals surface area contributed by atoms with E-state index >= 15 is 0 Å². The van der Waals surface area contributed by atoms with Crippen molar-refractivity contribution in [3.8, 4) is 5.75 Å². The summed E-state index contributed by atoms with van der Waals surface area (Å²) in [5.41, 5.74) is 1.10. The monoisotopic (exact) mass is 278 g/mol. The van der Waals surface area contributed by atoms with Gasteiger partial charge in [0.15, 0.2) is 0 Å². The molecule has 4 nitrogen and oxygen atoms in total. The molecule has 0 radical (unpaired) electrons. The third-order valence-electron chi connectivity index (χ3n) is 3.17. The standard InChI is InChI=1S/C16H26N2O2/c1-11(2)10-17-16(19)13(4)18-12(3)14-7-6-8-15(9-14)20-5/h6-9,11-13,18H,10H2,1-5H3,(H,17,19)/t12-,13?/m0/s1. The van der Waals surface area contributed by atoms with Gasteiger partial charge >= 0.3 is 0 Å². The lowest BCUT2D eigenvalue weighted by Gasteiger charge is -2.20. The van der Waals surface area contributed by atoms with Crippen LogP contribution in [0.25, 0.3) is 0 Å². The first-order valence-electron chi connectivity index (χ1n) is 7.11. The summed E-state index contributed by atoms with van der Waals surface area (Å²) >= 11 is 0. The molecule has 4 heteroatoms. The van der Waals surface area contributed by atoms with Gasteiger partial charge in [-0.15, -0.1) is 0 Å². The molecule has 0 saturated heterocycles. The van der Waals surface area contributed by atoms with Gasteiger partial charge in [-0.3, -0.25) is 10.1 Å². The maximum absolute atomic E-state index is 11.9. The topological polar surface area (TPSA) is 50.4 Å². The molecule has 1 aromatic rings. The molecule has 0 aliphatic rings. The Morgan fingerprint density at radius 1 is 1.25 bits per heavy atom. The van der Waals surface area contributed by atoms with Crippen LogP contribution >= 0.6 is 0 Å². The van der Waals surface area contributed by atoms with Gasteiger partial charge in [0.1, 0.15) is 5.75 Å². The van der Waals surface area contributed by atoms with Gasteiger partial charge < -0.3 is 10.1 Å². The molecule has 1 aromatic carbocycles. The molecule has 0 bridgehead atoms. The summed E-state index contributed by atoms with van der Waals surface area (Å²) in [5.74, 6) is 1.32. The molecule has 2 N–H and O–H groups in total. The summed E-state index contributed by atoms with van der Waals surface area (Å²) in [6.45, 7) is 8.79. The number of hydrogen-bond donors (Lipinski definition) is 2. The predicted octanol–water partition coefficient (Wildman–Crippen LogP) is 2.51. The summed E-state index contributed by atoms with van der Waals surface area (Å²) in [6, 6.07) is 7.74. The molecule has 0 spiro atoms. The lowest BCUT2D eigenvalue weighted by molar-refractivity contribution is -0.123. The third-order valence-corrected chi connectivity index (χ3v) is 3.17. The number of amides is 1. The van der Waals surface area contributed by atoms with Gasteiger partial charge in [0, 0.05) is 12.6 Å². The van der Waals surface area contributed by atoms with E-state index in [4.69, 9.17) is 4.74 Å². The summed E-state index contributed by atoms with van der Waals surface area (Å²) < 4.78 is 5.22. The fourth-order valence-electron chi connectivity index (χ4n) is 1.92. The Balaban J connectivity index is 2.55. The molecular formula is C16H26N2O2. The van der Waals surface area contributed by atoms with Crippen LogP contribution in [0.5, 0.6) is 5.75 Å². The highest BCUT2D eigenvalue weighted by atomic mass is 16.5. The summed E-state index contributed by atoms with van der Waals surface area (Å²) in [6.07, 6.45) is 0. The van der Waals surface area contributed by atoms with E-state index in [-0.39, 0.29) is 18.0 Å². The van der Waals surface area contributed by atoms with E-state index < -0.39 is 0 Å². The van der Waals surface area contributed by atoms with Crippen LogP contribution in [-0.2, 0) is 4.79 Å². The zero-order valence-corrected chi connectivity index (χ0v) is 13.1. The molecule has 2 atom stereocenters. The number of nitrogens with one attached hydrogen (secondary N) is 2. The first kappa shape index (κ1) is 16.5. The van der Waals surface area contributed by atoms with Crippen molar-refractivity contribution in [2.75, 3.05) is 13.7 Å². The highest BCUT2D eigenvalue weighted by molar-refractivity contribution is 5.81. The van der Waals surface area contributed by atoms with Gasteiger partial charge in [0.25, 0.3) is 0 Å². The Hall–Kier alpha value is -1.55. The third kappa shape index (κ3) is 5.21. The molecule has 20 heavy (non-hydrogen) atoms. The van der Waals surface area contributed by atoms with Gasteiger partial charge in [-0.2, -0.15) is 0 Å². The molecule has 0 aliphatic carbocycles. The fourth-order valence-corrected chi connectivity index (χ4v) is 1.92. The normalized spacial score (nSPS) is 13.9. The SMILES string of the molecule is COc1cccc([C@H](C)NC(C)C(=O)NCC(C)C)c1. The summed E-state index contributed by atoms with van der Waals surface area (Å²) in [5, 5.41) is 6.24. The van der Waals surface area contributed by atoms with Crippen molar-refractivity contribution in [1.29, 1.82) is 0 Å². The largest absolute Gasteiger partial charge is 0.497 e. The molecule has 0 saturated carbocycles. The van der Waals surface area contributed by atoms with Crippen molar-refractivity contribution in [2.24, 2.45) is 5.92 Å². The molecule has 0 heterocycles. The molecule has 1 amide bonds. The fraction of sp³-hybridized carbons (Fsp3) is 0.562. The molecule has 1 unspecified atom stereocenters. The lowest BCUT2D eigenvalue weighted by atomic mass is 10.1. The van der Waals surface area contributed by atoms with Crippen LogP contribution in [0.15, 0.2) is 24.3 Å². The van der Waals surface area contributed by atoms with Gasteiger partial charge in [0.2, 0.25) is 5.91 Å². The van der Waals surface area contributed by atoms with Crippen molar-refractivity contribution in [3.05, 3.63) is 29.8 Å². The number of hydrogen-bond acceptors (Lipinski definition) is 3. The zero-order valence-electron chi connectivity index (χ0n) is 13.1. The number of carbonyl (C=O) groups excluding carboxylic acids is 1. The average molecular weight is 278 g/mol. The lowest BCUT2D eigenvalue weighted by Crippen LogP contribution is -2.44. The number of benzene rings is 1. The van der Waals surface area contributed by atoms with Crippen LogP contribution in [0.3, 0.4) is 0 Å². The Morgan fingerprint density at radius 2 is 1.95 bits per heavy atom. The quantitative estimate of drug-likeness (QED) is 0.805. The molecular weight excluding hydrogens is 252 g/mol. The first-order chi connectivity index (χ1) is 9.43. The zero-order chi connectivity index (χ0) is 15.1. The van der Waals surface area contributed by atoms with Crippen molar-refractivity contribution in [1.82, 2.24) is 10.6 Å². The minimum absolute atomic E-state index is 0.0356. The van der Waals surface area contributed by atoms with Gasteiger partial charge in [-0.25, -0.2) is 0 Å². The Bertz CT molecular complexity index is 432. The van der Waals surface area contributed by atoms with E-state index in [0.717, 1.165) is 11.3 Å². The molecule has 0 aliphatic heterocycles. The Morgan fingerprint density at radius 3 is 2.55 bits per heavy atom. The predicted molar refractivity (Wildman–Crippen MR) is 81.9 cm³/mol. The minimum atomic E-state index is -0.227. The van der Waals surface area contributed by atoms with E-state index in [1.54, 1.807) is 7.11 Å². The second-order valence-corrected chi connectivity index (χ2v) is 5.53. The molecule has 1 rings (SSSR count). The van der Waals surface area contributed by atoms with E-state index in [1.165, 1.54) is 0 Å². The maximum Gasteiger partial charge on any atom is 0.236 e. The van der Waals surface area contributed by atoms with E-state index in [0.29, 0.717) is 12.5 Å². The van der Waals surface area contributed by atoms with E-state index in [9.17, 15) is 4.79 Å². The van der Waals surface area contributed by atoms with E-state index in [2.05, 4.69) is 24.5 Å². The van der Waals surface area contributed by atoms with Gasteiger partial charge in [-0.1, -0.05) is 26.0 Å². The van der Waals surface area contributed by atoms with E-state index in [1.807, 2.05) is 38.1 Å². The first-order valence-corrected chi connectivity index (χ1v) is 7.11. The number of ether oxygens (including phenoxy) is 1. The number of methoxy groups -OCH3 is 1. The van der Waals surface area contributed by atoms with Crippen LogP contribution in [-0.4, -0.2) is 25.6 Å². The van der Waals surface area contributed by atoms with Crippen LogP contribution in [0.2, 0.25) is 0 Å². The van der Waals surface area contributed by atoms with Crippen LogP contribution in [0.1, 0.15) is 39.3 Å². The second kappa shape index (κ2) is 7.90.